The van der Waals surface area contributed by atoms with Crippen LogP contribution in [0.4, 0.5) is 11.4 Å². The van der Waals surface area contributed by atoms with Crippen molar-refractivity contribution in [3.05, 3.63) is 33.9 Å². The number of nitrogens with zero attached hydrogens (tertiary/aromatic N) is 2. The van der Waals surface area contributed by atoms with Gasteiger partial charge in [-0.1, -0.05) is 19.1 Å². The lowest BCUT2D eigenvalue weighted by Gasteiger charge is -2.36. The first kappa shape index (κ1) is 12.8. The van der Waals surface area contributed by atoms with Crippen LogP contribution in [0.25, 0.3) is 0 Å². The molecule has 1 saturated heterocycles. The molecule has 1 aliphatic rings. The van der Waals surface area contributed by atoms with Crippen molar-refractivity contribution in [2.45, 2.75) is 26.3 Å². The molecule has 5 nitrogen and oxygen atoms in total. The Bertz CT molecular complexity index is 452. The van der Waals surface area contributed by atoms with E-state index >= 15 is 0 Å². The number of para-hydroxylation sites is 1. The summed E-state index contributed by atoms with van der Waals surface area (Å²) in [4.78, 5) is 12.9. The molecule has 2 rings (SSSR count). The number of nitro groups is 1. The van der Waals surface area contributed by atoms with E-state index in [-0.39, 0.29) is 16.7 Å². The quantitative estimate of drug-likeness (QED) is 0.643. The SMILES string of the molecule is Cc1cccc([N+](=O)[O-])c1N1CC(C)CC(N)C1. The molecule has 2 unspecified atom stereocenters. The predicted octanol–water partition coefficient (Wildman–Crippen LogP) is 2.08. The average Bonchev–Trinajstić information content (AvgIpc) is 2.26. The summed E-state index contributed by atoms with van der Waals surface area (Å²) in [6.45, 7) is 5.57. The van der Waals surface area contributed by atoms with Gasteiger partial charge in [-0.2, -0.15) is 0 Å². The molecule has 2 atom stereocenters. The first-order valence-corrected chi connectivity index (χ1v) is 6.23. The fourth-order valence-corrected chi connectivity index (χ4v) is 2.78. The van der Waals surface area contributed by atoms with Gasteiger partial charge in [0.05, 0.1) is 4.92 Å². The van der Waals surface area contributed by atoms with Crippen LogP contribution in [0.1, 0.15) is 18.9 Å². The Kier molecular flexibility index (Phi) is 3.52. The largest absolute Gasteiger partial charge is 0.364 e. The van der Waals surface area contributed by atoms with Crippen LogP contribution in [0.3, 0.4) is 0 Å². The lowest BCUT2D eigenvalue weighted by atomic mass is 9.95. The number of hydrogen-bond acceptors (Lipinski definition) is 4. The van der Waals surface area contributed by atoms with Gasteiger partial charge in [-0.3, -0.25) is 10.1 Å². The van der Waals surface area contributed by atoms with Crippen molar-refractivity contribution in [3.8, 4) is 0 Å². The third-order valence-corrected chi connectivity index (χ3v) is 3.42. The zero-order chi connectivity index (χ0) is 13.3. The van der Waals surface area contributed by atoms with Crippen LogP contribution >= 0.6 is 0 Å². The summed E-state index contributed by atoms with van der Waals surface area (Å²) < 4.78 is 0. The molecule has 0 aromatic heterocycles. The minimum Gasteiger partial charge on any atom is -0.364 e. The van der Waals surface area contributed by atoms with Crippen LogP contribution in [0.5, 0.6) is 0 Å². The van der Waals surface area contributed by atoms with E-state index in [1.807, 2.05) is 13.0 Å². The normalized spacial score (nSPS) is 24.1. The van der Waals surface area contributed by atoms with E-state index in [1.54, 1.807) is 12.1 Å². The van der Waals surface area contributed by atoms with Crippen molar-refractivity contribution in [1.29, 1.82) is 0 Å². The van der Waals surface area contributed by atoms with Crippen molar-refractivity contribution in [2.75, 3.05) is 18.0 Å². The summed E-state index contributed by atoms with van der Waals surface area (Å²) in [5.41, 5.74) is 7.86. The average molecular weight is 249 g/mol. The van der Waals surface area contributed by atoms with Gasteiger partial charge in [0, 0.05) is 25.2 Å². The molecule has 0 spiro atoms. The lowest BCUT2D eigenvalue weighted by Crippen LogP contribution is -2.46. The molecule has 98 valence electrons. The summed E-state index contributed by atoms with van der Waals surface area (Å²) in [5, 5.41) is 11.1. The third kappa shape index (κ3) is 2.46. The Morgan fingerprint density at radius 3 is 2.78 bits per heavy atom. The monoisotopic (exact) mass is 249 g/mol. The number of benzene rings is 1. The summed E-state index contributed by atoms with van der Waals surface area (Å²) in [5.74, 6) is 0.466. The van der Waals surface area contributed by atoms with E-state index in [2.05, 4.69) is 11.8 Å². The minimum atomic E-state index is -0.312. The summed E-state index contributed by atoms with van der Waals surface area (Å²) in [6, 6.07) is 5.29. The van der Waals surface area contributed by atoms with Gasteiger partial charge < -0.3 is 10.6 Å². The minimum absolute atomic E-state index is 0.0907. The van der Waals surface area contributed by atoms with Gasteiger partial charge in [-0.25, -0.2) is 0 Å². The Balaban J connectivity index is 2.40. The maximum atomic E-state index is 11.1. The second kappa shape index (κ2) is 4.94. The number of nitro benzene ring substituents is 1. The molecule has 18 heavy (non-hydrogen) atoms. The van der Waals surface area contributed by atoms with E-state index in [0.717, 1.165) is 24.2 Å². The van der Waals surface area contributed by atoms with Gasteiger partial charge in [0.25, 0.3) is 5.69 Å². The van der Waals surface area contributed by atoms with Gasteiger partial charge >= 0.3 is 0 Å². The molecule has 1 heterocycles. The molecule has 0 bridgehead atoms. The van der Waals surface area contributed by atoms with E-state index in [0.29, 0.717) is 12.5 Å². The van der Waals surface area contributed by atoms with Crippen LogP contribution in [-0.4, -0.2) is 24.1 Å². The Morgan fingerprint density at radius 1 is 1.44 bits per heavy atom. The molecule has 0 saturated carbocycles. The van der Waals surface area contributed by atoms with Crippen molar-refractivity contribution >= 4 is 11.4 Å². The van der Waals surface area contributed by atoms with E-state index in [1.165, 1.54) is 0 Å². The van der Waals surface area contributed by atoms with Crippen molar-refractivity contribution in [1.82, 2.24) is 0 Å². The van der Waals surface area contributed by atoms with E-state index < -0.39 is 0 Å². The fraction of sp³-hybridized carbons (Fsp3) is 0.538. The van der Waals surface area contributed by atoms with E-state index in [9.17, 15) is 10.1 Å². The molecule has 2 N–H and O–H groups in total. The lowest BCUT2D eigenvalue weighted by molar-refractivity contribution is -0.384. The van der Waals surface area contributed by atoms with Gasteiger partial charge in [0.15, 0.2) is 0 Å². The fourth-order valence-electron chi connectivity index (χ4n) is 2.78. The molecule has 1 aromatic rings. The zero-order valence-corrected chi connectivity index (χ0v) is 10.8. The standard InChI is InChI=1S/C13H19N3O2/c1-9-6-11(14)8-15(7-9)13-10(2)4-3-5-12(13)16(17)18/h3-5,9,11H,6-8,14H2,1-2H3. The molecule has 1 aromatic carbocycles. The molecule has 0 amide bonds. The number of aryl methyl sites for hydroxylation is 1. The van der Waals surface area contributed by atoms with Crippen LogP contribution in [0, 0.1) is 23.0 Å². The van der Waals surface area contributed by atoms with E-state index in [4.69, 9.17) is 5.73 Å². The Hall–Kier alpha value is -1.62. The highest BCUT2D eigenvalue weighted by Gasteiger charge is 2.28. The van der Waals surface area contributed by atoms with Gasteiger partial charge in [0.2, 0.25) is 0 Å². The number of hydrogen-bond donors (Lipinski definition) is 1. The first-order valence-electron chi connectivity index (χ1n) is 6.23. The van der Waals surface area contributed by atoms with Gasteiger partial charge in [-0.05, 0) is 24.8 Å². The summed E-state index contributed by atoms with van der Waals surface area (Å²) in [7, 11) is 0. The van der Waals surface area contributed by atoms with Crippen LogP contribution in [-0.2, 0) is 0 Å². The highest BCUT2D eigenvalue weighted by molar-refractivity contribution is 5.68. The molecular formula is C13H19N3O2. The topological polar surface area (TPSA) is 72.4 Å². The highest BCUT2D eigenvalue weighted by Crippen LogP contribution is 2.34. The number of nitrogens with two attached hydrogens (primary N) is 1. The molecule has 1 aliphatic heterocycles. The maximum absolute atomic E-state index is 11.1. The Labute approximate surface area is 107 Å². The smallest absolute Gasteiger partial charge is 0.292 e. The number of rotatable bonds is 2. The van der Waals surface area contributed by atoms with Crippen molar-refractivity contribution < 1.29 is 4.92 Å². The van der Waals surface area contributed by atoms with Crippen LogP contribution in [0.2, 0.25) is 0 Å². The second-order valence-electron chi connectivity index (χ2n) is 5.21. The van der Waals surface area contributed by atoms with Gasteiger partial charge in [-0.15, -0.1) is 0 Å². The number of anilines is 1. The third-order valence-electron chi connectivity index (χ3n) is 3.42. The molecule has 0 aliphatic carbocycles. The van der Waals surface area contributed by atoms with Crippen molar-refractivity contribution in [2.24, 2.45) is 11.7 Å². The number of piperidine rings is 1. The molecular weight excluding hydrogens is 230 g/mol. The second-order valence-corrected chi connectivity index (χ2v) is 5.21. The predicted molar refractivity (Wildman–Crippen MR) is 71.8 cm³/mol. The molecule has 5 heteroatoms. The highest BCUT2D eigenvalue weighted by atomic mass is 16.6. The first-order chi connectivity index (χ1) is 8.49. The molecule has 0 radical (unpaired) electrons. The summed E-state index contributed by atoms with van der Waals surface area (Å²) >= 11 is 0. The van der Waals surface area contributed by atoms with Crippen LogP contribution < -0.4 is 10.6 Å². The van der Waals surface area contributed by atoms with Gasteiger partial charge in [0.1, 0.15) is 5.69 Å². The zero-order valence-electron chi connectivity index (χ0n) is 10.8. The van der Waals surface area contributed by atoms with Crippen LogP contribution in [0.15, 0.2) is 18.2 Å². The molecule has 1 fully saturated rings. The Morgan fingerprint density at radius 2 is 2.17 bits per heavy atom. The summed E-state index contributed by atoms with van der Waals surface area (Å²) in [6.07, 6.45) is 0.982. The van der Waals surface area contributed by atoms with Crippen molar-refractivity contribution in [3.63, 3.8) is 0 Å². The maximum Gasteiger partial charge on any atom is 0.292 e.